The van der Waals surface area contributed by atoms with Crippen LogP contribution in [0.15, 0.2) is 4.99 Å². The van der Waals surface area contributed by atoms with Gasteiger partial charge in [0.1, 0.15) is 5.84 Å². The van der Waals surface area contributed by atoms with Crippen molar-refractivity contribution in [2.75, 3.05) is 13.1 Å². The highest BCUT2D eigenvalue weighted by Gasteiger charge is 2.27. The van der Waals surface area contributed by atoms with Crippen LogP contribution in [0.5, 0.6) is 0 Å². The molecule has 0 spiro atoms. The van der Waals surface area contributed by atoms with E-state index < -0.39 is 6.09 Å². The van der Waals surface area contributed by atoms with Gasteiger partial charge < -0.3 is 21.1 Å². The van der Waals surface area contributed by atoms with E-state index in [1.165, 1.54) is 0 Å². The number of aliphatic imine (C=N–C) groups is 1. The topological polar surface area (TPSA) is 108 Å². The van der Waals surface area contributed by atoms with Gasteiger partial charge in [0.25, 0.3) is 0 Å². The Morgan fingerprint density at radius 1 is 1.72 bits per heavy atom. The summed E-state index contributed by atoms with van der Waals surface area (Å²) in [7, 11) is 0. The smallest absolute Gasteiger partial charge is 0.405 e. The molecule has 1 heterocycles. The number of rotatable bonds is 2. The van der Waals surface area contributed by atoms with Crippen LogP contribution in [-0.2, 0) is 0 Å². The van der Waals surface area contributed by atoms with E-state index in [-0.39, 0.29) is 30.4 Å². The second-order valence-corrected chi connectivity index (χ2v) is 4.10. The zero-order valence-electron chi connectivity index (χ0n) is 10.3. The van der Waals surface area contributed by atoms with Crippen molar-refractivity contribution >= 4 is 18.0 Å². The first-order chi connectivity index (χ1) is 8.41. The molecule has 0 saturated heterocycles. The third kappa shape index (κ3) is 3.66. The number of amides is 3. The lowest BCUT2D eigenvalue weighted by Gasteiger charge is -2.30. The maximum absolute atomic E-state index is 11.5. The number of nitrogens with one attached hydrogen (secondary N) is 1. The van der Waals surface area contributed by atoms with Gasteiger partial charge in [-0.25, -0.2) is 9.59 Å². The van der Waals surface area contributed by atoms with Gasteiger partial charge in [-0.2, -0.15) is 4.99 Å². The molecule has 0 saturated carbocycles. The molecule has 0 bridgehead atoms. The van der Waals surface area contributed by atoms with Gasteiger partial charge in [-0.1, -0.05) is 11.8 Å². The van der Waals surface area contributed by atoms with Crippen LogP contribution in [0.1, 0.15) is 13.8 Å². The van der Waals surface area contributed by atoms with Crippen LogP contribution in [0.3, 0.4) is 0 Å². The second kappa shape index (κ2) is 5.91. The molecule has 0 aromatic heterocycles. The van der Waals surface area contributed by atoms with E-state index in [2.05, 4.69) is 22.2 Å². The second-order valence-electron chi connectivity index (χ2n) is 4.10. The highest BCUT2D eigenvalue weighted by atomic mass is 16.4. The highest BCUT2D eigenvalue weighted by molar-refractivity contribution is 5.98. The number of amidine groups is 1. The van der Waals surface area contributed by atoms with E-state index >= 15 is 0 Å². The molecule has 0 aliphatic carbocycles. The zero-order valence-corrected chi connectivity index (χ0v) is 10.3. The maximum atomic E-state index is 11.5. The summed E-state index contributed by atoms with van der Waals surface area (Å²) in [5.41, 5.74) is 5.64. The summed E-state index contributed by atoms with van der Waals surface area (Å²) in [5, 5.41) is 10.5. The summed E-state index contributed by atoms with van der Waals surface area (Å²) in [4.78, 5) is 27.0. The number of urea groups is 1. The van der Waals surface area contributed by atoms with Gasteiger partial charge in [-0.3, -0.25) is 0 Å². The molecule has 1 aliphatic rings. The lowest BCUT2D eigenvalue weighted by atomic mass is 10.1. The van der Waals surface area contributed by atoms with Crippen molar-refractivity contribution < 1.29 is 14.7 Å². The van der Waals surface area contributed by atoms with Gasteiger partial charge in [-0.15, -0.1) is 0 Å². The van der Waals surface area contributed by atoms with Crippen LogP contribution in [0, 0.1) is 17.8 Å². The molecule has 0 radical (unpaired) electrons. The number of nitrogens with two attached hydrogens (primary N) is 1. The van der Waals surface area contributed by atoms with Crippen molar-refractivity contribution in [2.45, 2.75) is 19.9 Å². The molecular weight excluding hydrogens is 236 g/mol. The molecule has 7 nitrogen and oxygen atoms in total. The van der Waals surface area contributed by atoms with Crippen LogP contribution in [0.4, 0.5) is 9.59 Å². The SMILES string of the molecule is CC(C)N1CC(C#CCNC(=O)O)C(N)=NC1=O. The van der Waals surface area contributed by atoms with Crippen LogP contribution >= 0.6 is 0 Å². The summed E-state index contributed by atoms with van der Waals surface area (Å²) >= 11 is 0. The molecular formula is C11H16N4O3. The van der Waals surface area contributed by atoms with Gasteiger partial charge in [0.05, 0.1) is 12.5 Å². The van der Waals surface area contributed by atoms with Gasteiger partial charge in [-0.05, 0) is 13.8 Å². The Balaban J connectivity index is 2.68. The molecule has 1 unspecified atom stereocenters. The number of hydrogen-bond acceptors (Lipinski definition) is 3. The van der Waals surface area contributed by atoms with Crippen molar-refractivity contribution in [1.29, 1.82) is 0 Å². The molecule has 98 valence electrons. The molecule has 0 fully saturated rings. The Labute approximate surface area is 105 Å². The van der Waals surface area contributed by atoms with Crippen molar-refractivity contribution in [3.05, 3.63) is 0 Å². The quantitative estimate of drug-likeness (QED) is 0.604. The summed E-state index contributed by atoms with van der Waals surface area (Å²) < 4.78 is 0. The first kappa shape index (κ1) is 13.8. The van der Waals surface area contributed by atoms with Crippen molar-refractivity contribution in [2.24, 2.45) is 16.6 Å². The summed E-state index contributed by atoms with van der Waals surface area (Å²) in [6.45, 7) is 4.16. The Kier molecular flexibility index (Phi) is 4.54. The first-order valence-corrected chi connectivity index (χ1v) is 5.51. The van der Waals surface area contributed by atoms with E-state index in [0.29, 0.717) is 6.54 Å². The molecule has 3 amide bonds. The Morgan fingerprint density at radius 2 is 2.39 bits per heavy atom. The number of nitrogens with zero attached hydrogens (tertiary/aromatic N) is 2. The number of carboxylic acid groups (broad SMARTS) is 1. The minimum Gasteiger partial charge on any atom is -0.465 e. The van der Waals surface area contributed by atoms with Gasteiger partial charge in [0.15, 0.2) is 0 Å². The normalized spacial score (nSPS) is 19.1. The van der Waals surface area contributed by atoms with E-state index in [0.717, 1.165) is 0 Å². The lowest BCUT2D eigenvalue weighted by Crippen LogP contribution is -2.47. The maximum Gasteiger partial charge on any atom is 0.405 e. The molecule has 1 rings (SSSR count). The molecule has 18 heavy (non-hydrogen) atoms. The third-order valence-electron chi connectivity index (χ3n) is 2.43. The Bertz CT molecular complexity index is 433. The lowest BCUT2D eigenvalue weighted by molar-refractivity contribution is 0.187. The minimum absolute atomic E-state index is 0.0226. The predicted molar refractivity (Wildman–Crippen MR) is 66.2 cm³/mol. The summed E-state index contributed by atoms with van der Waals surface area (Å²) in [6.07, 6.45) is -1.13. The van der Waals surface area contributed by atoms with E-state index in [9.17, 15) is 9.59 Å². The van der Waals surface area contributed by atoms with Gasteiger partial charge >= 0.3 is 12.1 Å². The van der Waals surface area contributed by atoms with Crippen LogP contribution in [0.2, 0.25) is 0 Å². The van der Waals surface area contributed by atoms with Crippen molar-refractivity contribution in [3.63, 3.8) is 0 Å². The monoisotopic (exact) mass is 252 g/mol. The largest absolute Gasteiger partial charge is 0.465 e. The van der Waals surface area contributed by atoms with Crippen LogP contribution in [-0.4, -0.2) is 47.1 Å². The molecule has 0 aromatic carbocycles. The number of hydrogen-bond donors (Lipinski definition) is 3. The van der Waals surface area contributed by atoms with E-state index in [1.807, 2.05) is 13.8 Å². The van der Waals surface area contributed by atoms with Crippen LogP contribution < -0.4 is 11.1 Å². The van der Waals surface area contributed by atoms with Crippen molar-refractivity contribution in [1.82, 2.24) is 10.2 Å². The fourth-order valence-electron chi connectivity index (χ4n) is 1.47. The van der Waals surface area contributed by atoms with Gasteiger partial charge in [0.2, 0.25) is 0 Å². The van der Waals surface area contributed by atoms with Crippen LogP contribution in [0.25, 0.3) is 0 Å². The average Bonchev–Trinajstić information content (AvgIpc) is 2.25. The fourth-order valence-corrected chi connectivity index (χ4v) is 1.47. The Morgan fingerprint density at radius 3 is 2.94 bits per heavy atom. The summed E-state index contributed by atoms with van der Waals surface area (Å²) in [5.74, 6) is 5.29. The van der Waals surface area contributed by atoms with E-state index in [4.69, 9.17) is 10.8 Å². The molecule has 7 heteroatoms. The molecule has 0 aromatic rings. The Hall–Kier alpha value is -2.23. The average molecular weight is 252 g/mol. The molecule has 1 atom stereocenters. The molecule has 1 aliphatic heterocycles. The number of carbonyl (C=O) groups excluding carboxylic acids is 1. The van der Waals surface area contributed by atoms with Gasteiger partial charge in [0, 0.05) is 12.6 Å². The van der Waals surface area contributed by atoms with Crippen molar-refractivity contribution in [3.8, 4) is 11.8 Å². The standard InChI is InChI=1S/C11H16N4O3/c1-7(2)15-6-8(9(12)14-10(15)16)4-3-5-13-11(17)18/h7-8,13H,5-6H2,1-2H3,(H,17,18)(H2,12,14,16). The zero-order chi connectivity index (χ0) is 13.7. The predicted octanol–water partition coefficient (Wildman–Crippen LogP) is 0.0748. The number of carbonyl (C=O) groups is 2. The fraction of sp³-hybridized carbons (Fsp3) is 0.545. The van der Waals surface area contributed by atoms with E-state index in [1.54, 1.807) is 4.90 Å². The summed E-state index contributed by atoms with van der Waals surface area (Å²) in [6, 6.07) is -0.333. The molecule has 4 N–H and O–H groups in total. The third-order valence-corrected chi connectivity index (χ3v) is 2.43. The highest BCUT2D eigenvalue weighted by Crippen LogP contribution is 2.12. The first-order valence-electron chi connectivity index (χ1n) is 5.51. The minimum atomic E-state index is -1.13.